The molecule has 0 spiro atoms. The normalized spacial score (nSPS) is 17.3. The summed E-state index contributed by atoms with van der Waals surface area (Å²) >= 11 is 12.6. The van der Waals surface area contributed by atoms with Gasteiger partial charge in [0.1, 0.15) is 0 Å². The number of nitrogens with one attached hydrogen (secondary N) is 1. The van der Waals surface area contributed by atoms with E-state index in [1.165, 1.54) is 38.5 Å². The smallest absolute Gasteiger partial charge is 0.0453 e. The van der Waals surface area contributed by atoms with Crippen molar-refractivity contribution in [1.82, 2.24) is 5.32 Å². The predicted octanol–water partition coefficient (Wildman–Crippen LogP) is 5.87. The maximum atomic E-state index is 6.32. The second kappa shape index (κ2) is 9.02. The molecule has 0 amide bonds. The molecule has 1 aliphatic carbocycles. The molecule has 1 aromatic carbocycles. The number of benzene rings is 1. The van der Waals surface area contributed by atoms with E-state index >= 15 is 0 Å². The van der Waals surface area contributed by atoms with Crippen LogP contribution in [0.3, 0.4) is 0 Å². The van der Waals surface area contributed by atoms with Crippen LogP contribution in [0.15, 0.2) is 18.2 Å². The molecule has 0 aliphatic heterocycles. The van der Waals surface area contributed by atoms with Crippen LogP contribution in [0.5, 0.6) is 0 Å². The van der Waals surface area contributed by atoms with Crippen molar-refractivity contribution in [2.24, 2.45) is 5.92 Å². The van der Waals surface area contributed by atoms with Gasteiger partial charge in [-0.2, -0.15) is 0 Å². The van der Waals surface area contributed by atoms with Gasteiger partial charge in [-0.3, -0.25) is 0 Å². The Balaban J connectivity index is 1.94. The minimum atomic E-state index is 0.489. The van der Waals surface area contributed by atoms with Gasteiger partial charge in [0, 0.05) is 16.1 Å². The Morgan fingerprint density at radius 1 is 1.19 bits per heavy atom. The quantitative estimate of drug-likeness (QED) is 0.629. The lowest BCUT2D eigenvalue weighted by atomic mass is 9.95. The van der Waals surface area contributed by atoms with Crippen molar-refractivity contribution in [3.63, 3.8) is 0 Å². The van der Waals surface area contributed by atoms with Gasteiger partial charge in [-0.1, -0.05) is 61.9 Å². The largest absolute Gasteiger partial charge is 0.314 e. The standard InChI is InChI=1S/C18H27Cl2N/c1-2-12-21-15(11-10-14-6-3-4-7-14)13-16-17(19)8-5-9-18(16)20/h5,8-9,14-15,21H,2-4,6-7,10-13H2,1H3. The fourth-order valence-electron chi connectivity index (χ4n) is 3.33. The second-order valence-corrected chi connectivity index (χ2v) is 7.10. The summed E-state index contributed by atoms with van der Waals surface area (Å²) in [6, 6.07) is 6.29. The summed E-state index contributed by atoms with van der Waals surface area (Å²) in [4.78, 5) is 0. The van der Waals surface area contributed by atoms with Crippen LogP contribution < -0.4 is 5.32 Å². The Kier molecular flexibility index (Phi) is 7.36. The molecule has 0 heterocycles. The molecule has 1 unspecified atom stereocenters. The lowest BCUT2D eigenvalue weighted by Gasteiger charge is -2.21. The minimum absolute atomic E-state index is 0.489. The van der Waals surface area contributed by atoms with Gasteiger partial charge in [0.25, 0.3) is 0 Å². The third-order valence-electron chi connectivity index (χ3n) is 4.59. The number of hydrogen-bond donors (Lipinski definition) is 1. The molecular formula is C18H27Cl2N. The number of hydrogen-bond acceptors (Lipinski definition) is 1. The van der Waals surface area contributed by atoms with E-state index in [2.05, 4.69) is 12.2 Å². The predicted molar refractivity (Wildman–Crippen MR) is 93.4 cm³/mol. The van der Waals surface area contributed by atoms with Crippen molar-refractivity contribution in [3.05, 3.63) is 33.8 Å². The summed E-state index contributed by atoms with van der Waals surface area (Å²) in [6.07, 6.45) is 10.4. The van der Waals surface area contributed by atoms with Gasteiger partial charge in [-0.15, -0.1) is 0 Å². The van der Waals surface area contributed by atoms with Crippen molar-refractivity contribution in [2.45, 2.75) is 64.3 Å². The molecule has 1 saturated carbocycles. The molecule has 0 radical (unpaired) electrons. The SMILES string of the molecule is CCCNC(CCC1CCCC1)Cc1c(Cl)cccc1Cl. The van der Waals surface area contributed by atoms with E-state index in [1.54, 1.807) is 0 Å². The molecule has 0 saturated heterocycles. The lowest BCUT2D eigenvalue weighted by molar-refractivity contribution is 0.402. The van der Waals surface area contributed by atoms with Crippen LogP contribution in [0.1, 0.15) is 57.4 Å². The van der Waals surface area contributed by atoms with E-state index in [-0.39, 0.29) is 0 Å². The fourth-order valence-corrected chi connectivity index (χ4v) is 3.89. The molecule has 1 aliphatic rings. The highest BCUT2D eigenvalue weighted by Gasteiger charge is 2.19. The van der Waals surface area contributed by atoms with E-state index in [9.17, 15) is 0 Å². The second-order valence-electron chi connectivity index (χ2n) is 6.28. The highest BCUT2D eigenvalue weighted by Crippen LogP contribution is 2.30. The first-order chi connectivity index (χ1) is 10.2. The maximum absolute atomic E-state index is 6.32. The molecular weight excluding hydrogens is 301 g/mol. The number of rotatable bonds is 8. The summed E-state index contributed by atoms with van der Waals surface area (Å²) in [5, 5.41) is 5.27. The third-order valence-corrected chi connectivity index (χ3v) is 5.30. The zero-order valence-electron chi connectivity index (χ0n) is 13.0. The summed E-state index contributed by atoms with van der Waals surface area (Å²) in [6.45, 7) is 3.28. The van der Waals surface area contributed by atoms with Gasteiger partial charge in [-0.25, -0.2) is 0 Å². The summed E-state index contributed by atoms with van der Waals surface area (Å²) in [5.41, 5.74) is 1.10. The van der Waals surface area contributed by atoms with Gasteiger partial charge in [-0.05, 0) is 55.8 Å². The molecule has 1 fully saturated rings. The van der Waals surface area contributed by atoms with Crippen molar-refractivity contribution in [1.29, 1.82) is 0 Å². The van der Waals surface area contributed by atoms with Gasteiger partial charge in [0.15, 0.2) is 0 Å². The molecule has 1 atom stereocenters. The Morgan fingerprint density at radius 3 is 2.48 bits per heavy atom. The van der Waals surface area contributed by atoms with Crippen LogP contribution in [0.25, 0.3) is 0 Å². The maximum Gasteiger partial charge on any atom is 0.0453 e. The minimum Gasteiger partial charge on any atom is -0.314 e. The zero-order valence-corrected chi connectivity index (χ0v) is 14.5. The first-order valence-corrected chi connectivity index (χ1v) is 9.12. The van der Waals surface area contributed by atoms with Crippen LogP contribution in [-0.4, -0.2) is 12.6 Å². The monoisotopic (exact) mass is 327 g/mol. The van der Waals surface area contributed by atoms with E-state index in [0.29, 0.717) is 6.04 Å². The fraction of sp³-hybridized carbons (Fsp3) is 0.667. The lowest BCUT2D eigenvalue weighted by Crippen LogP contribution is -2.32. The van der Waals surface area contributed by atoms with Gasteiger partial charge < -0.3 is 5.32 Å². The van der Waals surface area contributed by atoms with Crippen molar-refractivity contribution < 1.29 is 0 Å². The first kappa shape index (κ1) is 17.1. The van der Waals surface area contributed by atoms with Gasteiger partial charge in [0.05, 0.1) is 0 Å². The molecule has 1 aromatic rings. The number of halogens is 2. The Hall–Kier alpha value is -0.240. The summed E-state index contributed by atoms with van der Waals surface area (Å²) in [5.74, 6) is 0.942. The average Bonchev–Trinajstić information content (AvgIpc) is 2.98. The van der Waals surface area contributed by atoms with E-state index in [0.717, 1.165) is 40.9 Å². The van der Waals surface area contributed by atoms with E-state index in [1.807, 2.05) is 18.2 Å². The van der Waals surface area contributed by atoms with Crippen molar-refractivity contribution >= 4 is 23.2 Å². The van der Waals surface area contributed by atoms with Crippen LogP contribution >= 0.6 is 23.2 Å². The molecule has 2 rings (SSSR count). The van der Waals surface area contributed by atoms with E-state index in [4.69, 9.17) is 23.2 Å². The van der Waals surface area contributed by atoms with E-state index < -0.39 is 0 Å². The molecule has 3 heteroatoms. The topological polar surface area (TPSA) is 12.0 Å². The Bertz CT molecular complexity index is 407. The van der Waals surface area contributed by atoms with Crippen LogP contribution in [0.2, 0.25) is 10.0 Å². The zero-order chi connectivity index (χ0) is 15.1. The Labute approximate surface area is 139 Å². The molecule has 118 valence electrons. The van der Waals surface area contributed by atoms with Crippen molar-refractivity contribution in [3.8, 4) is 0 Å². The molecule has 0 aromatic heterocycles. The first-order valence-electron chi connectivity index (χ1n) is 8.37. The molecule has 1 nitrogen and oxygen atoms in total. The van der Waals surface area contributed by atoms with Gasteiger partial charge in [0.2, 0.25) is 0 Å². The average molecular weight is 328 g/mol. The highest BCUT2D eigenvalue weighted by atomic mass is 35.5. The summed E-state index contributed by atoms with van der Waals surface area (Å²) < 4.78 is 0. The van der Waals surface area contributed by atoms with Crippen molar-refractivity contribution in [2.75, 3.05) is 6.54 Å². The van der Waals surface area contributed by atoms with Crippen LogP contribution in [-0.2, 0) is 6.42 Å². The van der Waals surface area contributed by atoms with Crippen LogP contribution in [0.4, 0.5) is 0 Å². The highest BCUT2D eigenvalue weighted by molar-refractivity contribution is 6.36. The summed E-state index contributed by atoms with van der Waals surface area (Å²) in [7, 11) is 0. The molecule has 21 heavy (non-hydrogen) atoms. The van der Waals surface area contributed by atoms with Crippen LogP contribution in [0, 0.1) is 5.92 Å². The Morgan fingerprint density at radius 2 is 1.86 bits per heavy atom. The van der Waals surface area contributed by atoms with Gasteiger partial charge >= 0.3 is 0 Å². The molecule has 0 bridgehead atoms. The third kappa shape index (κ3) is 5.47. The molecule has 1 N–H and O–H groups in total.